The molecule has 1 unspecified atom stereocenters. The first-order valence-corrected chi connectivity index (χ1v) is 12.8. The van der Waals surface area contributed by atoms with Crippen LogP contribution in [0.4, 0.5) is 10.6 Å². The Bertz CT molecular complexity index is 1260. The van der Waals surface area contributed by atoms with E-state index in [1.807, 2.05) is 48.5 Å². The topological polar surface area (TPSA) is 79.2 Å². The number of piperazine rings is 1. The van der Waals surface area contributed by atoms with Crippen LogP contribution >= 0.6 is 0 Å². The summed E-state index contributed by atoms with van der Waals surface area (Å²) in [6, 6.07) is 14.8. The standard InChI is InChI=1S/C28H35N5O3/c1-19-17-32(27(35)36-28(2,3)4)15-14-31(19)18-20-7-9-21(10-8-20)23-6-5-13-33-24(23)16-25(30-33)29-26(34)22-11-12-22/h5-10,13,16,19,22H,11-12,14-15,17-18H2,1-4H3,(H,29,30,34). The molecule has 1 saturated heterocycles. The fraction of sp³-hybridized carbons (Fsp3) is 0.464. The molecule has 36 heavy (non-hydrogen) atoms. The van der Waals surface area contributed by atoms with E-state index in [-0.39, 0.29) is 24.0 Å². The van der Waals surface area contributed by atoms with Gasteiger partial charge in [-0.2, -0.15) is 5.10 Å². The van der Waals surface area contributed by atoms with Crippen molar-refractivity contribution in [3.8, 4) is 11.1 Å². The van der Waals surface area contributed by atoms with E-state index in [4.69, 9.17) is 4.74 Å². The van der Waals surface area contributed by atoms with Crippen LogP contribution in [0.25, 0.3) is 16.6 Å². The summed E-state index contributed by atoms with van der Waals surface area (Å²) in [5, 5.41) is 7.47. The third kappa shape index (κ3) is 5.54. The molecule has 2 fully saturated rings. The number of benzene rings is 1. The number of nitrogens with one attached hydrogen (secondary N) is 1. The van der Waals surface area contributed by atoms with Gasteiger partial charge in [0.1, 0.15) is 5.60 Å². The maximum absolute atomic E-state index is 12.4. The minimum absolute atomic E-state index is 0.0606. The van der Waals surface area contributed by atoms with E-state index in [0.717, 1.165) is 42.6 Å². The second-order valence-corrected chi connectivity index (χ2v) is 11.0. The molecule has 0 bridgehead atoms. The Balaban J connectivity index is 1.24. The van der Waals surface area contributed by atoms with Crippen LogP contribution in [0.3, 0.4) is 0 Å². The van der Waals surface area contributed by atoms with Crippen LogP contribution in [0.15, 0.2) is 48.7 Å². The van der Waals surface area contributed by atoms with Gasteiger partial charge in [-0.05, 0) is 57.7 Å². The van der Waals surface area contributed by atoms with Crippen LogP contribution in [-0.4, -0.2) is 62.7 Å². The predicted molar refractivity (Wildman–Crippen MR) is 140 cm³/mol. The van der Waals surface area contributed by atoms with Crippen LogP contribution in [0, 0.1) is 5.92 Å². The fourth-order valence-electron chi connectivity index (χ4n) is 4.64. The van der Waals surface area contributed by atoms with E-state index < -0.39 is 5.60 Å². The molecule has 1 N–H and O–H groups in total. The molecule has 2 aromatic heterocycles. The number of hydrogen-bond acceptors (Lipinski definition) is 5. The minimum atomic E-state index is -0.480. The van der Waals surface area contributed by atoms with E-state index in [1.165, 1.54) is 5.56 Å². The highest BCUT2D eigenvalue weighted by atomic mass is 16.6. The van der Waals surface area contributed by atoms with Gasteiger partial charge in [-0.3, -0.25) is 9.69 Å². The number of carbonyl (C=O) groups excluding carboxylic acids is 2. The minimum Gasteiger partial charge on any atom is -0.444 e. The summed E-state index contributed by atoms with van der Waals surface area (Å²) < 4.78 is 7.36. The van der Waals surface area contributed by atoms with Gasteiger partial charge in [0, 0.05) is 56.0 Å². The maximum Gasteiger partial charge on any atom is 0.410 e. The highest BCUT2D eigenvalue weighted by Crippen LogP contribution is 2.31. The quantitative estimate of drug-likeness (QED) is 0.557. The summed E-state index contributed by atoms with van der Waals surface area (Å²) in [5.74, 6) is 0.797. The van der Waals surface area contributed by atoms with Gasteiger partial charge in [-0.25, -0.2) is 9.31 Å². The molecule has 1 aliphatic heterocycles. The molecule has 8 nitrogen and oxygen atoms in total. The number of nitrogens with zero attached hydrogens (tertiary/aromatic N) is 4. The second kappa shape index (κ2) is 9.58. The van der Waals surface area contributed by atoms with Crippen LogP contribution in [0.5, 0.6) is 0 Å². The molecule has 1 aliphatic carbocycles. The van der Waals surface area contributed by atoms with Crippen LogP contribution in [0.1, 0.15) is 46.1 Å². The molecular weight excluding hydrogens is 454 g/mol. The predicted octanol–water partition coefficient (Wildman–Crippen LogP) is 4.79. The number of hydrogen-bond donors (Lipinski definition) is 1. The zero-order chi connectivity index (χ0) is 25.4. The average molecular weight is 490 g/mol. The Labute approximate surface area is 212 Å². The lowest BCUT2D eigenvalue weighted by Gasteiger charge is -2.40. The van der Waals surface area contributed by atoms with Crippen molar-refractivity contribution >= 4 is 23.3 Å². The van der Waals surface area contributed by atoms with Crippen molar-refractivity contribution < 1.29 is 14.3 Å². The first kappa shape index (κ1) is 24.3. The van der Waals surface area contributed by atoms with E-state index >= 15 is 0 Å². The van der Waals surface area contributed by atoms with Crippen molar-refractivity contribution in [2.24, 2.45) is 5.92 Å². The second-order valence-electron chi connectivity index (χ2n) is 11.0. The average Bonchev–Trinajstić information content (AvgIpc) is 3.59. The van der Waals surface area contributed by atoms with Gasteiger partial charge in [0.25, 0.3) is 0 Å². The number of carbonyl (C=O) groups is 2. The molecule has 0 spiro atoms. The van der Waals surface area contributed by atoms with Gasteiger partial charge in [-0.15, -0.1) is 0 Å². The van der Waals surface area contributed by atoms with Crippen molar-refractivity contribution in [2.75, 3.05) is 25.0 Å². The van der Waals surface area contributed by atoms with Gasteiger partial charge < -0.3 is 15.0 Å². The van der Waals surface area contributed by atoms with Crippen molar-refractivity contribution in [1.82, 2.24) is 19.4 Å². The lowest BCUT2D eigenvalue weighted by atomic mass is 10.0. The number of pyridine rings is 1. The zero-order valence-corrected chi connectivity index (χ0v) is 21.5. The zero-order valence-electron chi connectivity index (χ0n) is 21.5. The number of ether oxygens (including phenoxy) is 1. The van der Waals surface area contributed by atoms with Crippen LogP contribution in [-0.2, 0) is 16.1 Å². The number of aromatic nitrogens is 2. The summed E-state index contributed by atoms with van der Waals surface area (Å²) in [4.78, 5) is 28.8. The summed E-state index contributed by atoms with van der Waals surface area (Å²) >= 11 is 0. The van der Waals surface area contributed by atoms with Crippen molar-refractivity contribution in [2.45, 2.75) is 58.7 Å². The molecule has 2 amide bonds. The molecule has 1 atom stereocenters. The lowest BCUT2D eigenvalue weighted by Crippen LogP contribution is -2.54. The summed E-state index contributed by atoms with van der Waals surface area (Å²) in [7, 11) is 0. The molecule has 0 radical (unpaired) electrons. The lowest BCUT2D eigenvalue weighted by molar-refractivity contribution is -0.117. The fourth-order valence-corrected chi connectivity index (χ4v) is 4.64. The number of anilines is 1. The van der Waals surface area contributed by atoms with E-state index in [0.29, 0.717) is 18.9 Å². The third-order valence-corrected chi connectivity index (χ3v) is 6.77. The Morgan fingerprint density at radius 3 is 2.53 bits per heavy atom. The maximum atomic E-state index is 12.4. The van der Waals surface area contributed by atoms with E-state index in [1.54, 1.807) is 0 Å². The van der Waals surface area contributed by atoms with E-state index in [9.17, 15) is 9.59 Å². The monoisotopic (exact) mass is 489 g/mol. The molecule has 1 saturated carbocycles. The Kier molecular flexibility index (Phi) is 6.47. The van der Waals surface area contributed by atoms with Crippen molar-refractivity contribution in [1.29, 1.82) is 0 Å². The molecular formula is C28H35N5O3. The van der Waals surface area contributed by atoms with Gasteiger partial charge in [0.05, 0.1) is 5.52 Å². The largest absolute Gasteiger partial charge is 0.444 e. The molecule has 190 valence electrons. The highest BCUT2D eigenvalue weighted by molar-refractivity contribution is 5.94. The number of fused-ring (bicyclic) bond motifs is 1. The van der Waals surface area contributed by atoms with Gasteiger partial charge in [0.15, 0.2) is 5.82 Å². The molecule has 3 heterocycles. The normalized spacial score (nSPS) is 18.9. The van der Waals surface area contributed by atoms with E-state index in [2.05, 4.69) is 52.6 Å². The summed E-state index contributed by atoms with van der Waals surface area (Å²) in [6.07, 6.45) is 3.60. The SMILES string of the molecule is CC1CN(C(=O)OC(C)(C)C)CCN1Cc1ccc(-c2cccn3nc(NC(=O)C4CC4)cc23)cc1. The van der Waals surface area contributed by atoms with Crippen LogP contribution < -0.4 is 5.32 Å². The molecule has 3 aromatic rings. The first-order valence-electron chi connectivity index (χ1n) is 12.8. The summed E-state index contributed by atoms with van der Waals surface area (Å²) in [6.45, 7) is 10.8. The number of amides is 2. The first-order chi connectivity index (χ1) is 17.2. The van der Waals surface area contributed by atoms with Gasteiger partial charge >= 0.3 is 6.09 Å². The van der Waals surface area contributed by atoms with Gasteiger partial charge in [-0.1, -0.05) is 30.3 Å². The van der Waals surface area contributed by atoms with Crippen molar-refractivity contribution in [3.63, 3.8) is 0 Å². The van der Waals surface area contributed by atoms with Crippen molar-refractivity contribution in [3.05, 3.63) is 54.2 Å². The molecule has 5 rings (SSSR count). The number of rotatable bonds is 5. The Hall–Kier alpha value is -3.39. The third-order valence-electron chi connectivity index (χ3n) is 6.77. The summed E-state index contributed by atoms with van der Waals surface area (Å²) in [5.41, 5.74) is 3.89. The molecule has 1 aromatic carbocycles. The highest BCUT2D eigenvalue weighted by Gasteiger charge is 2.31. The molecule has 8 heteroatoms. The Morgan fingerprint density at radius 1 is 1.11 bits per heavy atom. The van der Waals surface area contributed by atoms with Crippen LogP contribution in [0.2, 0.25) is 0 Å². The van der Waals surface area contributed by atoms with Gasteiger partial charge in [0.2, 0.25) is 5.91 Å². The Morgan fingerprint density at radius 2 is 1.86 bits per heavy atom. The molecule has 2 aliphatic rings. The smallest absolute Gasteiger partial charge is 0.410 e.